The molecule has 1 aromatic carbocycles. The Hall–Kier alpha value is -1.85. The summed E-state index contributed by atoms with van der Waals surface area (Å²) in [7, 11) is 0. The first kappa shape index (κ1) is 14.6. The van der Waals surface area contributed by atoms with Crippen LogP contribution in [0.5, 0.6) is 5.75 Å². The van der Waals surface area contributed by atoms with Gasteiger partial charge in [-0.25, -0.2) is 0 Å². The fourth-order valence-corrected chi connectivity index (χ4v) is 1.86. The predicted molar refractivity (Wildman–Crippen MR) is 77.7 cm³/mol. The summed E-state index contributed by atoms with van der Waals surface area (Å²) in [6.45, 7) is 2.57. The Bertz CT molecular complexity index is 459. The molecule has 0 aliphatic carbocycles. The molecule has 1 atom stereocenters. The molecule has 0 bridgehead atoms. The Labute approximate surface area is 119 Å². The lowest BCUT2D eigenvalue weighted by atomic mass is 10.3. The largest absolute Gasteiger partial charge is 0.494 e. The maximum atomic E-state index is 9.80. The van der Waals surface area contributed by atoms with Gasteiger partial charge in [-0.05, 0) is 31.2 Å². The normalized spacial score (nSPS) is 12.2. The molecule has 2 rings (SSSR count). The Morgan fingerprint density at radius 3 is 2.85 bits per heavy atom. The minimum absolute atomic E-state index is 0.426. The first-order valence-electron chi connectivity index (χ1n) is 6.88. The van der Waals surface area contributed by atoms with E-state index in [1.165, 1.54) is 0 Å². The fraction of sp³-hybridized carbons (Fsp3) is 0.400. The molecule has 2 aromatic rings. The molecular formula is C15H21N3O2. The zero-order valence-electron chi connectivity index (χ0n) is 11.5. The van der Waals surface area contributed by atoms with E-state index in [1.54, 1.807) is 10.9 Å². The maximum Gasteiger partial charge on any atom is 0.119 e. The topological polar surface area (TPSA) is 59.3 Å². The number of aromatic nitrogens is 2. The van der Waals surface area contributed by atoms with Gasteiger partial charge in [0.1, 0.15) is 5.75 Å². The van der Waals surface area contributed by atoms with E-state index in [1.807, 2.05) is 42.6 Å². The second-order valence-electron chi connectivity index (χ2n) is 4.60. The molecule has 5 heteroatoms. The summed E-state index contributed by atoms with van der Waals surface area (Å²) in [4.78, 5) is 0. The standard InChI is InChI=1S/C15H21N3O2/c19-14(13-18-10-4-9-17-18)12-16-8-5-11-20-15-6-2-1-3-7-15/h1-4,6-7,9-10,14,16,19H,5,8,11-13H2. The van der Waals surface area contributed by atoms with E-state index < -0.39 is 6.10 Å². The summed E-state index contributed by atoms with van der Waals surface area (Å²) >= 11 is 0. The van der Waals surface area contributed by atoms with Crippen molar-refractivity contribution in [3.05, 3.63) is 48.8 Å². The minimum Gasteiger partial charge on any atom is -0.494 e. The zero-order chi connectivity index (χ0) is 14.0. The minimum atomic E-state index is -0.426. The highest BCUT2D eigenvalue weighted by atomic mass is 16.5. The van der Waals surface area contributed by atoms with E-state index in [9.17, 15) is 5.11 Å². The van der Waals surface area contributed by atoms with Gasteiger partial charge in [0.15, 0.2) is 0 Å². The first-order chi connectivity index (χ1) is 9.84. The number of rotatable bonds is 9. The van der Waals surface area contributed by atoms with E-state index in [2.05, 4.69) is 10.4 Å². The van der Waals surface area contributed by atoms with Crippen LogP contribution in [0.1, 0.15) is 6.42 Å². The van der Waals surface area contributed by atoms with Gasteiger partial charge < -0.3 is 15.2 Å². The summed E-state index contributed by atoms with van der Waals surface area (Å²) in [5.74, 6) is 0.895. The SMILES string of the molecule is OC(CNCCCOc1ccccc1)Cn1cccn1. The molecular weight excluding hydrogens is 254 g/mol. The molecule has 2 N–H and O–H groups in total. The molecule has 0 saturated carbocycles. The number of hydrogen-bond acceptors (Lipinski definition) is 4. The average molecular weight is 275 g/mol. The third-order valence-corrected chi connectivity index (χ3v) is 2.85. The highest BCUT2D eigenvalue weighted by Crippen LogP contribution is 2.07. The fourth-order valence-electron chi connectivity index (χ4n) is 1.86. The number of hydrogen-bond donors (Lipinski definition) is 2. The van der Waals surface area contributed by atoms with Crippen LogP contribution in [0.4, 0.5) is 0 Å². The molecule has 0 fully saturated rings. The van der Waals surface area contributed by atoms with Crippen molar-refractivity contribution in [2.24, 2.45) is 0 Å². The van der Waals surface area contributed by atoms with Crippen LogP contribution in [0.2, 0.25) is 0 Å². The highest BCUT2D eigenvalue weighted by Gasteiger charge is 2.04. The molecule has 0 amide bonds. The van der Waals surface area contributed by atoms with Gasteiger partial charge in [0.2, 0.25) is 0 Å². The first-order valence-corrected chi connectivity index (χ1v) is 6.88. The van der Waals surface area contributed by atoms with Gasteiger partial charge in [-0.2, -0.15) is 5.10 Å². The molecule has 5 nitrogen and oxygen atoms in total. The molecule has 1 heterocycles. The van der Waals surface area contributed by atoms with E-state index >= 15 is 0 Å². The van der Waals surface area contributed by atoms with Crippen LogP contribution in [0.15, 0.2) is 48.8 Å². The van der Waals surface area contributed by atoms with Crippen LogP contribution in [0.25, 0.3) is 0 Å². The lowest BCUT2D eigenvalue weighted by molar-refractivity contribution is 0.146. The third kappa shape index (κ3) is 5.42. The van der Waals surface area contributed by atoms with Gasteiger partial charge in [-0.1, -0.05) is 18.2 Å². The van der Waals surface area contributed by atoms with E-state index in [0.717, 1.165) is 18.7 Å². The van der Waals surface area contributed by atoms with Crippen molar-refractivity contribution in [3.63, 3.8) is 0 Å². The lowest BCUT2D eigenvalue weighted by Gasteiger charge is -2.12. The van der Waals surface area contributed by atoms with E-state index in [-0.39, 0.29) is 0 Å². The highest BCUT2D eigenvalue weighted by molar-refractivity contribution is 5.20. The van der Waals surface area contributed by atoms with Gasteiger partial charge in [-0.15, -0.1) is 0 Å². The van der Waals surface area contributed by atoms with Crippen molar-refractivity contribution >= 4 is 0 Å². The summed E-state index contributed by atoms with van der Waals surface area (Å²) in [6, 6.07) is 11.6. The summed E-state index contributed by atoms with van der Waals surface area (Å²) in [5.41, 5.74) is 0. The van der Waals surface area contributed by atoms with Crippen molar-refractivity contribution < 1.29 is 9.84 Å². The predicted octanol–water partition coefficient (Wildman–Crippen LogP) is 1.30. The van der Waals surface area contributed by atoms with Crippen LogP contribution < -0.4 is 10.1 Å². The molecule has 0 aliphatic rings. The van der Waals surface area contributed by atoms with E-state index in [0.29, 0.717) is 19.7 Å². The van der Waals surface area contributed by atoms with Crippen LogP contribution >= 0.6 is 0 Å². The zero-order valence-corrected chi connectivity index (χ0v) is 11.5. The summed E-state index contributed by atoms with van der Waals surface area (Å²) < 4.78 is 7.31. The Morgan fingerprint density at radius 1 is 1.25 bits per heavy atom. The molecule has 0 radical (unpaired) electrons. The third-order valence-electron chi connectivity index (χ3n) is 2.85. The van der Waals surface area contributed by atoms with Crippen molar-refractivity contribution in [1.29, 1.82) is 0 Å². The smallest absolute Gasteiger partial charge is 0.119 e. The Balaban J connectivity index is 1.49. The molecule has 108 valence electrons. The summed E-state index contributed by atoms with van der Waals surface area (Å²) in [6.07, 6.45) is 4.03. The van der Waals surface area contributed by atoms with Crippen LogP contribution in [0, 0.1) is 0 Å². The van der Waals surface area contributed by atoms with Crippen molar-refractivity contribution in [2.45, 2.75) is 19.1 Å². The molecule has 0 saturated heterocycles. The molecule has 0 aliphatic heterocycles. The van der Waals surface area contributed by atoms with Crippen molar-refractivity contribution in [1.82, 2.24) is 15.1 Å². The lowest BCUT2D eigenvalue weighted by Crippen LogP contribution is -2.31. The van der Waals surface area contributed by atoms with Crippen LogP contribution in [-0.2, 0) is 6.54 Å². The second kappa shape index (κ2) is 8.35. The van der Waals surface area contributed by atoms with Gasteiger partial charge in [-0.3, -0.25) is 4.68 Å². The Kier molecular flexibility index (Phi) is 6.07. The number of nitrogens with zero attached hydrogens (tertiary/aromatic N) is 2. The van der Waals surface area contributed by atoms with Crippen LogP contribution in [-0.4, -0.2) is 40.7 Å². The summed E-state index contributed by atoms with van der Waals surface area (Å²) in [5, 5.41) is 17.1. The van der Waals surface area contributed by atoms with Crippen LogP contribution in [0.3, 0.4) is 0 Å². The number of para-hydroxylation sites is 1. The molecule has 1 aromatic heterocycles. The van der Waals surface area contributed by atoms with Gasteiger partial charge in [0.05, 0.1) is 19.3 Å². The van der Waals surface area contributed by atoms with E-state index in [4.69, 9.17) is 4.74 Å². The number of ether oxygens (including phenoxy) is 1. The quantitative estimate of drug-likeness (QED) is 0.677. The van der Waals surface area contributed by atoms with Crippen molar-refractivity contribution in [3.8, 4) is 5.75 Å². The number of aliphatic hydroxyl groups excluding tert-OH is 1. The van der Waals surface area contributed by atoms with Gasteiger partial charge in [0, 0.05) is 18.9 Å². The molecule has 1 unspecified atom stereocenters. The Morgan fingerprint density at radius 2 is 2.10 bits per heavy atom. The molecule has 0 spiro atoms. The number of aliphatic hydroxyl groups is 1. The maximum absolute atomic E-state index is 9.80. The van der Waals surface area contributed by atoms with Crippen molar-refractivity contribution in [2.75, 3.05) is 19.7 Å². The monoisotopic (exact) mass is 275 g/mol. The second-order valence-corrected chi connectivity index (χ2v) is 4.60. The van der Waals surface area contributed by atoms with Gasteiger partial charge >= 0.3 is 0 Å². The molecule has 20 heavy (non-hydrogen) atoms. The number of benzene rings is 1. The average Bonchev–Trinajstić information content (AvgIpc) is 2.96. The number of nitrogens with one attached hydrogen (secondary N) is 1. The van der Waals surface area contributed by atoms with Gasteiger partial charge in [0.25, 0.3) is 0 Å².